The van der Waals surface area contributed by atoms with Gasteiger partial charge in [-0.3, -0.25) is 14.6 Å². The predicted molar refractivity (Wildman–Crippen MR) is 61.9 cm³/mol. The van der Waals surface area contributed by atoms with E-state index in [-0.39, 0.29) is 11.9 Å². The number of nitrogens with zero attached hydrogens (tertiary/aromatic N) is 2. The lowest BCUT2D eigenvalue weighted by atomic mass is 10.1. The van der Waals surface area contributed by atoms with Crippen LogP contribution in [0.15, 0.2) is 30.3 Å². The Morgan fingerprint density at radius 3 is 1.87 bits per heavy atom. The van der Waals surface area contributed by atoms with E-state index in [1.54, 1.807) is 0 Å². The van der Waals surface area contributed by atoms with E-state index < -0.39 is 0 Å². The van der Waals surface area contributed by atoms with Crippen molar-refractivity contribution in [1.82, 2.24) is 9.80 Å². The third kappa shape index (κ3) is 2.88. The zero-order valence-electron chi connectivity index (χ0n) is 9.77. The highest BCUT2D eigenvalue weighted by molar-refractivity contribution is 5.99. The second kappa shape index (κ2) is 5.05. The Morgan fingerprint density at radius 2 is 1.47 bits per heavy atom. The van der Waals surface area contributed by atoms with Crippen molar-refractivity contribution in [2.24, 2.45) is 0 Å². The fraction of sp³-hybridized carbons (Fsp3) is 0.417. The molecule has 0 N–H and O–H groups in total. The third-order valence-electron chi connectivity index (χ3n) is 2.27. The molecule has 0 bridgehead atoms. The van der Waals surface area contributed by atoms with Crippen molar-refractivity contribution in [2.45, 2.75) is 6.17 Å². The lowest BCUT2D eigenvalue weighted by Crippen LogP contribution is -2.46. The van der Waals surface area contributed by atoms with Crippen molar-refractivity contribution in [1.29, 1.82) is 0 Å². The maximum absolute atomic E-state index is 12.1. The van der Waals surface area contributed by atoms with Crippen molar-refractivity contribution in [3.05, 3.63) is 35.9 Å². The van der Waals surface area contributed by atoms with Crippen LogP contribution in [0.5, 0.6) is 0 Å². The standard InChI is InChI=1S/C12H18N2O/c1-13(2)12(14(3)4)11(15)10-8-6-5-7-9-10/h5-9,12H,1-4H3. The summed E-state index contributed by atoms with van der Waals surface area (Å²) in [5.41, 5.74) is 0.755. The van der Waals surface area contributed by atoms with E-state index in [0.29, 0.717) is 0 Å². The van der Waals surface area contributed by atoms with Gasteiger partial charge in [0.05, 0.1) is 0 Å². The van der Waals surface area contributed by atoms with Crippen molar-refractivity contribution >= 4 is 5.78 Å². The number of rotatable bonds is 4. The number of carbonyl (C=O) groups excluding carboxylic acids is 1. The first-order valence-corrected chi connectivity index (χ1v) is 4.96. The number of hydrogen-bond acceptors (Lipinski definition) is 3. The molecule has 3 heteroatoms. The molecule has 0 aliphatic rings. The fourth-order valence-corrected chi connectivity index (χ4v) is 1.68. The van der Waals surface area contributed by atoms with Crippen LogP contribution in [0.3, 0.4) is 0 Å². The van der Waals surface area contributed by atoms with Gasteiger partial charge in [-0.05, 0) is 28.2 Å². The average molecular weight is 206 g/mol. The number of benzene rings is 1. The minimum absolute atomic E-state index is 0.130. The molecule has 0 aliphatic carbocycles. The van der Waals surface area contributed by atoms with Crippen molar-refractivity contribution in [3.8, 4) is 0 Å². The monoisotopic (exact) mass is 206 g/mol. The molecule has 0 unspecified atom stereocenters. The van der Waals surface area contributed by atoms with Crippen LogP contribution < -0.4 is 0 Å². The van der Waals surface area contributed by atoms with Crippen molar-refractivity contribution in [2.75, 3.05) is 28.2 Å². The van der Waals surface area contributed by atoms with Crippen LogP contribution in [0.1, 0.15) is 10.4 Å². The average Bonchev–Trinajstić information content (AvgIpc) is 2.18. The minimum atomic E-state index is -0.201. The minimum Gasteiger partial charge on any atom is -0.291 e. The molecule has 1 rings (SSSR count). The summed E-state index contributed by atoms with van der Waals surface area (Å²) in [4.78, 5) is 16.0. The zero-order chi connectivity index (χ0) is 11.4. The van der Waals surface area contributed by atoms with E-state index in [2.05, 4.69) is 0 Å². The summed E-state index contributed by atoms with van der Waals surface area (Å²) in [7, 11) is 7.63. The maximum atomic E-state index is 12.1. The summed E-state index contributed by atoms with van der Waals surface area (Å²) in [6, 6.07) is 9.38. The Hall–Kier alpha value is -1.19. The highest BCUT2D eigenvalue weighted by atomic mass is 16.1. The summed E-state index contributed by atoms with van der Waals surface area (Å²) in [5.74, 6) is 0.130. The van der Waals surface area contributed by atoms with Crippen molar-refractivity contribution < 1.29 is 4.79 Å². The normalized spacial score (nSPS) is 11.4. The molecule has 0 aliphatic heterocycles. The molecular weight excluding hydrogens is 188 g/mol. The molecule has 0 aromatic heterocycles. The Labute approximate surface area is 91.3 Å². The first-order valence-electron chi connectivity index (χ1n) is 4.96. The molecule has 0 saturated carbocycles. The second-order valence-electron chi connectivity index (χ2n) is 4.03. The quantitative estimate of drug-likeness (QED) is 0.548. The van der Waals surface area contributed by atoms with Gasteiger partial charge in [0, 0.05) is 5.56 Å². The summed E-state index contributed by atoms with van der Waals surface area (Å²) in [6.45, 7) is 0. The number of Topliss-reactive ketones (excluding diaryl/α,β-unsaturated/α-hetero) is 1. The SMILES string of the molecule is CN(C)C(C(=O)c1ccccc1)N(C)C. The number of ketones is 1. The summed E-state index contributed by atoms with van der Waals surface area (Å²) in [6.07, 6.45) is -0.201. The lowest BCUT2D eigenvalue weighted by molar-refractivity contribution is 0.0668. The van der Waals surface area contributed by atoms with E-state index in [9.17, 15) is 4.79 Å². The van der Waals surface area contributed by atoms with Crippen LogP contribution in [0.25, 0.3) is 0 Å². The van der Waals surface area contributed by atoms with Gasteiger partial charge in [0.1, 0.15) is 6.17 Å². The highest BCUT2D eigenvalue weighted by Crippen LogP contribution is 2.08. The van der Waals surface area contributed by atoms with Gasteiger partial charge in [-0.25, -0.2) is 0 Å². The Balaban J connectivity index is 2.92. The van der Waals surface area contributed by atoms with Crippen LogP contribution in [0.4, 0.5) is 0 Å². The molecule has 3 nitrogen and oxygen atoms in total. The molecule has 0 heterocycles. The van der Waals surface area contributed by atoms with Crippen LogP contribution in [0.2, 0.25) is 0 Å². The number of likely N-dealkylation sites (N-methyl/N-ethyl adjacent to an activating group) is 2. The maximum Gasteiger partial charge on any atom is 0.194 e. The van der Waals surface area contributed by atoms with E-state index in [4.69, 9.17) is 0 Å². The highest BCUT2D eigenvalue weighted by Gasteiger charge is 2.23. The van der Waals surface area contributed by atoms with E-state index in [0.717, 1.165) is 5.56 Å². The molecule has 1 aromatic carbocycles. The summed E-state index contributed by atoms with van der Waals surface area (Å²) < 4.78 is 0. The van der Waals surface area contributed by atoms with Crippen LogP contribution in [-0.4, -0.2) is 49.9 Å². The molecule has 15 heavy (non-hydrogen) atoms. The molecule has 82 valence electrons. The molecule has 1 aromatic rings. The molecule has 0 saturated heterocycles. The lowest BCUT2D eigenvalue weighted by Gasteiger charge is -2.29. The molecule has 0 amide bonds. The van der Waals surface area contributed by atoms with Gasteiger partial charge in [0.15, 0.2) is 5.78 Å². The largest absolute Gasteiger partial charge is 0.291 e. The van der Waals surface area contributed by atoms with Gasteiger partial charge in [-0.15, -0.1) is 0 Å². The van der Waals surface area contributed by atoms with E-state index >= 15 is 0 Å². The topological polar surface area (TPSA) is 23.6 Å². The molecule has 0 fully saturated rings. The molecule has 0 atom stereocenters. The van der Waals surface area contributed by atoms with Gasteiger partial charge in [-0.2, -0.15) is 0 Å². The van der Waals surface area contributed by atoms with Crippen molar-refractivity contribution in [3.63, 3.8) is 0 Å². The Bertz CT molecular complexity index is 312. The third-order valence-corrected chi connectivity index (χ3v) is 2.27. The summed E-state index contributed by atoms with van der Waals surface area (Å²) in [5, 5.41) is 0. The van der Waals surface area contributed by atoms with Crippen LogP contribution in [0, 0.1) is 0 Å². The van der Waals surface area contributed by atoms with Crippen LogP contribution >= 0.6 is 0 Å². The first kappa shape index (κ1) is 11.9. The summed E-state index contributed by atoms with van der Waals surface area (Å²) >= 11 is 0. The van der Waals surface area contributed by atoms with Gasteiger partial charge in [0.2, 0.25) is 0 Å². The van der Waals surface area contributed by atoms with Gasteiger partial charge in [0.25, 0.3) is 0 Å². The Kier molecular flexibility index (Phi) is 4.00. The van der Waals surface area contributed by atoms with Gasteiger partial charge >= 0.3 is 0 Å². The molecule has 0 radical (unpaired) electrons. The second-order valence-corrected chi connectivity index (χ2v) is 4.03. The molecule has 0 spiro atoms. The molecular formula is C12H18N2O. The van der Waals surface area contributed by atoms with Crippen LogP contribution in [-0.2, 0) is 0 Å². The zero-order valence-corrected chi connectivity index (χ0v) is 9.77. The van der Waals surface area contributed by atoms with E-state index in [1.165, 1.54) is 0 Å². The predicted octanol–water partition coefficient (Wildman–Crippen LogP) is 1.32. The number of carbonyl (C=O) groups is 1. The fourth-order valence-electron chi connectivity index (χ4n) is 1.68. The van der Waals surface area contributed by atoms with Gasteiger partial charge in [-0.1, -0.05) is 30.3 Å². The van der Waals surface area contributed by atoms with Gasteiger partial charge < -0.3 is 0 Å². The smallest absolute Gasteiger partial charge is 0.194 e. The Morgan fingerprint density at radius 1 is 1.00 bits per heavy atom. The number of hydrogen-bond donors (Lipinski definition) is 0. The van der Waals surface area contributed by atoms with E-state index in [1.807, 2.05) is 68.3 Å². The first-order chi connectivity index (χ1) is 7.04.